The molecule has 1 amide bonds. The molecule has 0 radical (unpaired) electrons. The number of rotatable bonds is 8. The topological polar surface area (TPSA) is 79.2 Å². The first-order valence-electron chi connectivity index (χ1n) is 8.57. The summed E-state index contributed by atoms with van der Waals surface area (Å²) in [6.45, 7) is 0. The van der Waals surface area contributed by atoms with E-state index >= 15 is 0 Å². The number of benzene rings is 2. The van der Waals surface area contributed by atoms with Crippen LogP contribution in [0.3, 0.4) is 0 Å². The van der Waals surface area contributed by atoms with Gasteiger partial charge in [-0.25, -0.2) is 4.79 Å². The lowest BCUT2D eigenvalue weighted by atomic mass is 10.0. The van der Waals surface area contributed by atoms with Crippen LogP contribution in [-0.4, -0.2) is 25.0 Å². The summed E-state index contributed by atoms with van der Waals surface area (Å²) in [7, 11) is 1.30. The van der Waals surface area contributed by atoms with Crippen molar-refractivity contribution in [3.63, 3.8) is 0 Å². The highest BCUT2D eigenvalue weighted by Crippen LogP contribution is 2.19. The van der Waals surface area contributed by atoms with Crippen molar-refractivity contribution in [2.75, 3.05) is 7.11 Å². The minimum Gasteiger partial charge on any atom is -0.467 e. The summed E-state index contributed by atoms with van der Waals surface area (Å²) in [6, 6.07) is 18.5. The molecule has 0 unspecified atom stereocenters. The normalized spacial score (nSPS) is 11.2. The van der Waals surface area contributed by atoms with Gasteiger partial charge in [-0.1, -0.05) is 42.5 Å². The zero-order chi connectivity index (χ0) is 18.8. The average molecular weight is 350 g/mol. The Hall–Kier alpha value is -3.13. The van der Waals surface area contributed by atoms with Crippen LogP contribution >= 0.6 is 0 Å². The van der Waals surface area contributed by atoms with Crippen LogP contribution in [0.1, 0.15) is 36.0 Å². The van der Waals surface area contributed by atoms with Crippen molar-refractivity contribution in [1.29, 1.82) is 5.26 Å². The first-order valence-corrected chi connectivity index (χ1v) is 8.57. The number of ether oxygens (including phenoxy) is 1. The second-order valence-electron chi connectivity index (χ2n) is 5.90. The van der Waals surface area contributed by atoms with Crippen LogP contribution in [-0.2, 0) is 9.53 Å². The second kappa shape index (κ2) is 10.00. The van der Waals surface area contributed by atoms with E-state index in [1.165, 1.54) is 7.11 Å². The Morgan fingerprint density at radius 1 is 1.04 bits per heavy atom. The second-order valence-corrected chi connectivity index (χ2v) is 5.90. The Morgan fingerprint density at radius 2 is 1.69 bits per heavy atom. The third-order valence-electron chi connectivity index (χ3n) is 4.08. The summed E-state index contributed by atoms with van der Waals surface area (Å²) >= 11 is 0. The summed E-state index contributed by atoms with van der Waals surface area (Å²) in [5.74, 6) is -0.795. The number of nitriles is 1. The minimum absolute atomic E-state index is 0.319. The number of carbonyl (C=O) groups is 2. The van der Waals surface area contributed by atoms with Gasteiger partial charge in [0, 0.05) is 12.0 Å². The average Bonchev–Trinajstić information content (AvgIpc) is 2.70. The van der Waals surface area contributed by atoms with Crippen molar-refractivity contribution < 1.29 is 14.3 Å². The van der Waals surface area contributed by atoms with Crippen LogP contribution in [0.4, 0.5) is 0 Å². The number of nitrogens with zero attached hydrogens (tertiary/aromatic N) is 1. The van der Waals surface area contributed by atoms with E-state index in [0.717, 1.165) is 11.1 Å². The molecule has 0 saturated carbocycles. The van der Waals surface area contributed by atoms with Gasteiger partial charge in [0.05, 0.1) is 13.2 Å². The molecule has 26 heavy (non-hydrogen) atoms. The SMILES string of the molecule is COC(=O)[C@H](CCCCC#N)NC(=O)c1ccc(-c2ccccc2)cc1. The molecule has 2 aromatic rings. The van der Waals surface area contributed by atoms with Gasteiger partial charge in [-0.15, -0.1) is 0 Å². The monoisotopic (exact) mass is 350 g/mol. The highest BCUT2D eigenvalue weighted by atomic mass is 16.5. The molecule has 5 nitrogen and oxygen atoms in total. The van der Waals surface area contributed by atoms with Gasteiger partial charge in [-0.3, -0.25) is 4.79 Å². The third-order valence-corrected chi connectivity index (χ3v) is 4.08. The molecule has 0 aliphatic rings. The van der Waals surface area contributed by atoms with Gasteiger partial charge < -0.3 is 10.1 Å². The van der Waals surface area contributed by atoms with E-state index in [-0.39, 0.29) is 5.91 Å². The summed E-state index contributed by atoms with van der Waals surface area (Å²) in [4.78, 5) is 24.3. The van der Waals surface area contributed by atoms with Gasteiger partial charge in [-0.05, 0) is 42.5 Å². The number of nitrogens with one attached hydrogen (secondary N) is 1. The van der Waals surface area contributed by atoms with Gasteiger partial charge in [0.25, 0.3) is 5.91 Å². The molecule has 0 aliphatic heterocycles. The summed E-state index contributed by atoms with van der Waals surface area (Å²) in [5, 5.41) is 11.3. The molecule has 134 valence electrons. The van der Waals surface area contributed by atoms with Crippen LogP contribution in [0.25, 0.3) is 11.1 Å². The van der Waals surface area contributed by atoms with Crippen LogP contribution in [0, 0.1) is 11.3 Å². The minimum atomic E-state index is -0.708. The van der Waals surface area contributed by atoms with E-state index in [1.807, 2.05) is 42.5 Å². The molecular weight excluding hydrogens is 328 g/mol. The predicted molar refractivity (Wildman–Crippen MR) is 99.2 cm³/mol. The van der Waals surface area contributed by atoms with Gasteiger partial charge in [-0.2, -0.15) is 5.26 Å². The Kier molecular flexibility index (Phi) is 7.38. The molecule has 0 spiro atoms. The summed E-state index contributed by atoms with van der Waals surface area (Å²) < 4.78 is 4.76. The standard InChI is InChI=1S/C21H22N2O3/c1-26-21(25)19(10-6-3-7-15-22)23-20(24)18-13-11-17(12-14-18)16-8-4-2-5-9-16/h2,4-5,8-9,11-14,19H,3,6-7,10H2,1H3,(H,23,24)/t19-/m0/s1. The lowest BCUT2D eigenvalue weighted by Crippen LogP contribution is -2.41. The quantitative estimate of drug-likeness (QED) is 0.581. The van der Waals surface area contributed by atoms with E-state index in [4.69, 9.17) is 10.00 Å². The zero-order valence-corrected chi connectivity index (χ0v) is 14.8. The maximum atomic E-state index is 12.4. The zero-order valence-electron chi connectivity index (χ0n) is 14.8. The number of hydrogen-bond donors (Lipinski definition) is 1. The first-order chi connectivity index (χ1) is 12.7. The van der Waals surface area contributed by atoms with Gasteiger partial charge >= 0.3 is 5.97 Å². The molecule has 0 aromatic heterocycles. The van der Waals surface area contributed by atoms with E-state index in [2.05, 4.69) is 11.4 Å². The van der Waals surface area contributed by atoms with Crippen LogP contribution < -0.4 is 5.32 Å². The Bertz CT molecular complexity index is 764. The Labute approximate surface area is 153 Å². The number of esters is 1. The molecule has 0 fully saturated rings. The van der Waals surface area contributed by atoms with E-state index < -0.39 is 12.0 Å². The van der Waals surface area contributed by atoms with Crippen molar-refractivity contribution in [3.05, 3.63) is 60.2 Å². The molecular formula is C21H22N2O3. The molecule has 0 saturated heterocycles. The molecule has 0 aliphatic carbocycles. The molecule has 0 heterocycles. The van der Waals surface area contributed by atoms with Crippen molar-refractivity contribution in [1.82, 2.24) is 5.32 Å². The maximum absolute atomic E-state index is 12.4. The predicted octanol–water partition coefficient (Wildman–Crippen LogP) is 3.71. The van der Waals surface area contributed by atoms with Crippen LogP contribution in [0.5, 0.6) is 0 Å². The van der Waals surface area contributed by atoms with Crippen molar-refractivity contribution in [2.24, 2.45) is 0 Å². The lowest BCUT2D eigenvalue weighted by Gasteiger charge is -2.16. The number of carbonyl (C=O) groups excluding carboxylic acids is 2. The Morgan fingerprint density at radius 3 is 2.31 bits per heavy atom. The molecule has 2 aromatic carbocycles. The lowest BCUT2D eigenvalue weighted by molar-refractivity contribution is -0.143. The molecule has 1 atom stereocenters. The molecule has 5 heteroatoms. The third kappa shape index (κ3) is 5.45. The fourth-order valence-electron chi connectivity index (χ4n) is 2.63. The number of amides is 1. The van der Waals surface area contributed by atoms with Crippen molar-refractivity contribution in [3.8, 4) is 17.2 Å². The Balaban J connectivity index is 2.01. The molecule has 0 bridgehead atoms. The molecule has 1 N–H and O–H groups in total. The number of methoxy groups -OCH3 is 1. The fraction of sp³-hybridized carbons (Fsp3) is 0.286. The first kappa shape index (κ1) is 19.2. The van der Waals surface area contributed by atoms with E-state index in [1.54, 1.807) is 12.1 Å². The largest absolute Gasteiger partial charge is 0.467 e. The van der Waals surface area contributed by atoms with Crippen LogP contribution in [0.15, 0.2) is 54.6 Å². The van der Waals surface area contributed by atoms with E-state index in [0.29, 0.717) is 31.2 Å². The number of unbranched alkanes of at least 4 members (excludes halogenated alkanes) is 2. The highest BCUT2D eigenvalue weighted by Gasteiger charge is 2.21. The van der Waals surface area contributed by atoms with Gasteiger partial charge in [0.15, 0.2) is 0 Å². The summed E-state index contributed by atoms with van der Waals surface area (Å²) in [6.07, 6.45) is 2.23. The maximum Gasteiger partial charge on any atom is 0.328 e. The van der Waals surface area contributed by atoms with Crippen molar-refractivity contribution in [2.45, 2.75) is 31.7 Å². The highest BCUT2D eigenvalue weighted by molar-refractivity contribution is 5.97. The smallest absolute Gasteiger partial charge is 0.328 e. The van der Waals surface area contributed by atoms with Crippen LogP contribution in [0.2, 0.25) is 0 Å². The van der Waals surface area contributed by atoms with Crippen molar-refractivity contribution >= 4 is 11.9 Å². The number of hydrogen-bond acceptors (Lipinski definition) is 4. The van der Waals surface area contributed by atoms with E-state index in [9.17, 15) is 9.59 Å². The van der Waals surface area contributed by atoms with Gasteiger partial charge in [0.1, 0.15) is 6.04 Å². The van der Waals surface area contributed by atoms with Gasteiger partial charge in [0.2, 0.25) is 0 Å². The summed E-state index contributed by atoms with van der Waals surface area (Å²) in [5.41, 5.74) is 2.57. The molecule has 2 rings (SSSR count). The fourth-order valence-corrected chi connectivity index (χ4v) is 2.63.